The Labute approximate surface area is 99.7 Å². The van der Waals surface area contributed by atoms with Gasteiger partial charge in [-0.05, 0) is 32.0 Å². The molecule has 0 aromatic carbocycles. The molecule has 0 aromatic rings. The van der Waals surface area contributed by atoms with Crippen molar-refractivity contribution in [3.63, 3.8) is 0 Å². The van der Waals surface area contributed by atoms with Crippen LogP contribution in [0.2, 0.25) is 19.1 Å². The van der Waals surface area contributed by atoms with E-state index in [1.807, 2.05) is 6.92 Å². The number of carbonyl (C=O) groups is 1. The molecule has 0 atom stereocenters. The van der Waals surface area contributed by atoms with Crippen molar-refractivity contribution in [2.24, 2.45) is 0 Å². The Morgan fingerprint density at radius 1 is 1.19 bits per heavy atom. The van der Waals surface area contributed by atoms with Crippen molar-refractivity contribution in [1.82, 2.24) is 0 Å². The van der Waals surface area contributed by atoms with Gasteiger partial charge in [0.2, 0.25) is 8.41 Å². The van der Waals surface area contributed by atoms with Crippen LogP contribution in [0, 0.1) is 0 Å². The van der Waals surface area contributed by atoms with E-state index >= 15 is 0 Å². The minimum atomic E-state index is -2.34. The molecule has 0 spiro atoms. The summed E-state index contributed by atoms with van der Waals surface area (Å²) >= 11 is 0. The molecule has 0 aliphatic heterocycles. The number of esters is 1. The van der Waals surface area contributed by atoms with Crippen molar-refractivity contribution >= 4 is 14.4 Å². The molecule has 0 N–H and O–H groups in total. The fraction of sp³-hybridized carbons (Fsp3) is 0.917. The average Bonchev–Trinajstić information content (AvgIpc) is 2.15. The summed E-state index contributed by atoms with van der Waals surface area (Å²) in [7, 11) is -2.34. The second kappa shape index (κ2) is 8.73. The van der Waals surface area contributed by atoms with Crippen LogP contribution in [-0.2, 0) is 9.53 Å². The van der Waals surface area contributed by atoms with E-state index in [1.54, 1.807) is 13.1 Å². The SMILES string of the molecule is CCCC(=O)OCCCCCC[Si](C)(C)F. The van der Waals surface area contributed by atoms with E-state index in [-0.39, 0.29) is 5.97 Å². The summed E-state index contributed by atoms with van der Waals surface area (Å²) in [6, 6.07) is 0.753. The minimum Gasteiger partial charge on any atom is -0.466 e. The fourth-order valence-corrected chi connectivity index (χ4v) is 2.55. The lowest BCUT2D eigenvalue weighted by molar-refractivity contribution is -0.143. The van der Waals surface area contributed by atoms with Crippen LogP contribution in [0.25, 0.3) is 0 Å². The van der Waals surface area contributed by atoms with Crippen molar-refractivity contribution in [3.05, 3.63) is 0 Å². The van der Waals surface area contributed by atoms with Crippen LogP contribution in [-0.4, -0.2) is 21.0 Å². The molecule has 0 amide bonds. The van der Waals surface area contributed by atoms with Gasteiger partial charge in [0.1, 0.15) is 0 Å². The molecule has 0 fully saturated rings. The minimum absolute atomic E-state index is 0.0974. The molecule has 0 aromatic heterocycles. The Kier molecular flexibility index (Phi) is 8.52. The summed E-state index contributed by atoms with van der Waals surface area (Å²) in [6.45, 7) is 5.98. The molecule has 0 aliphatic rings. The first-order valence-electron chi connectivity index (χ1n) is 6.30. The molecule has 2 nitrogen and oxygen atoms in total. The van der Waals surface area contributed by atoms with Gasteiger partial charge >= 0.3 is 5.97 Å². The van der Waals surface area contributed by atoms with Crippen LogP contribution in [0.4, 0.5) is 4.11 Å². The van der Waals surface area contributed by atoms with Gasteiger partial charge in [-0.2, -0.15) is 0 Å². The number of carbonyl (C=O) groups excluding carboxylic acids is 1. The van der Waals surface area contributed by atoms with Gasteiger partial charge in [-0.1, -0.05) is 26.2 Å². The second-order valence-electron chi connectivity index (χ2n) is 4.85. The van der Waals surface area contributed by atoms with E-state index in [0.717, 1.165) is 38.1 Å². The van der Waals surface area contributed by atoms with Crippen LogP contribution in [0.1, 0.15) is 45.4 Å². The van der Waals surface area contributed by atoms with Crippen LogP contribution < -0.4 is 0 Å². The molecule has 0 saturated heterocycles. The van der Waals surface area contributed by atoms with Gasteiger partial charge in [-0.25, -0.2) is 0 Å². The zero-order valence-corrected chi connectivity index (χ0v) is 11.9. The number of hydrogen-bond donors (Lipinski definition) is 0. The molecule has 0 unspecified atom stereocenters. The Hall–Kier alpha value is -0.383. The zero-order valence-electron chi connectivity index (χ0n) is 10.9. The van der Waals surface area contributed by atoms with E-state index in [1.165, 1.54) is 0 Å². The third kappa shape index (κ3) is 11.7. The standard InChI is InChI=1S/C12H25FO2Si/c1-4-9-12(14)15-10-7-5-6-8-11-16(2,3)13/h4-11H2,1-3H3. The summed E-state index contributed by atoms with van der Waals surface area (Å²) in [6.07, 6.45) is 5.31. The Bertz CT molecular complexity index is 190. The smallest absolute Gasteiger partial charge is 0.305 e. The average molecular weight is 248 g/mol. The monoisotopic (exact) mass is 248 g/mol. The zero-order chi connectivity index (χ0) is 12.4. The predicted molar refractivity (Wildman–Crippen MR) is 67.7 cm³/mol. The fourth-order valence-electron chi connectivity index (χ4n) is 1.46. The van der Waals surface area contributed by atoms with Crippen molar-refractivity contribution in [2.75, 3.05) is 6.61 Å². The predicted octanol–water partition coefficient (Wildman–Crippen LogP) is 4.06. The molecule has 0 rings (SSSR count). The van der Waals surface area contributed by atoms with Crippen LogP contribution >= 0.6 is 0 Å². The Morgan fingerprint density at radius 3 is 2.38 bits per heavy atom. The number of halogens is 1. The molecule has 16 heavy (non-hydrogen) atoms. The molecule has 0 bridgehead atoms. The summed E-state index contributed by atoms with van der Waals surface area (Å²) < 4.78 is 18.3. The topological polar surface area (TPSA) is 26.3 Å². The largest absolute Gasteiger partial charge is 0.466 e. The van der Waals surface area contributed by atoms with Gasteiger partial charge in [-0.3, -0.25) is 4.79 Å². The molecule has 96 valence electrons. The van der Waals surface area contributed by atoms with Gasteiger partial charge in [0.15, 0.2) is 0 Å². The van der Waals surface area contributed by atoms with Crippen molar-refractivity contribution in [2.45, 2.75) is 64.6 Å². The van der Waals surface area contributed by atoms with E-state index in [0.29, 0.717) is 13.0 Å². The third-order valence-electron chi connectivity index (χ3n) is 2.38. The normalized spacial score (nSPS) is 11.5. The first kappa shape index (κ1) is 15.6. The number of rotatable bonds is 9. The van der Waals surface area contributed by atoms with Gasteiger partial charge < -0.3 is 8.84 Å². The number of ether oxygens (including phenoxy) is 1. The summed E-state index contributed by atoms with van der Waals surface area (Å²) in [5.74, 6) is -0.0974. The second-order valence-corrected chi connectivity index (χ2v) is 8.79. The maximum absolute atomic E-state index is 13.2. The lowest BCUT2D eigenvalue weighted by Gasteiger charge is -2.09. The van der Waals surface area contributed by atoms with Gasteiger partial charge in [0.25, 0.3) is 0 Å². The van der Waals surface area contributed by atoms with Gasteiger partial charge in [0.05, 0.1) is 6.61 Å². The highest BCUT2D eigenvalue weighted by molar-refractivity contribution is 6.70. The molecule has 4 heteroatoms. The Balaban J connectivity index is 3.19. The summed E-state index contributed by atoms with van der Waals surface area (Å²) in [5, 5.41) is 0. The third-order valence-corrected chi connectivity index (χ3v) is 3.93. The first-order valence-corrected chi connectivity index (χ1v) is 9.39. The van der Waals surface area contributed by atoms with E-state index in [4.69, 9.17) is 4.74 Å². The van der Waals surface area contributed by atoms with Crippen molar-refractivity contribution in [3.8, 4) is 0 Å². The first-order chi connectivity index (χ1) is 7.45. The maximum Gasteiger partial charge on any atom is 0.305 e. The molecular weight excluding hydrogens is 223 g/mol. The molecule has 0 saturated carbocycles. The summed E-state index contributed by atoms with van der Waals surface area (Å²) in [5.41, 5.74) is 0. The molecule has 0 heterocycles. The molecular formula is C12H25FO2Si. The lowest BCUT2D eigenvalue weighted by Crippen LogP contribution is -2.16. The van der Waals surface area contributed by atoms with E-state index in [2.05, 4.69) is 0 Å². The van der Waals surface area contributed by atoms with Crippen LogP contribution in [0.3, 0.4) is 0 Å². The summed E-state index contributed by atoms with van der Waals surface area (Å²) in [4.78, 5) is 11.0. The highest BCUT2D eigenvalue weighted by Crippen LogP contribution is 2.15. The number of unbranched alkanes of at least 4 members (excludes halogenated alkanes) is 3. The van der Waals surface area contributed by atoms with Crippen molar-refractivity contribution in [1.29, 1.82) is 0 Å². The van der Waals surface area contributed by atoms with Gasteiger partial charge in [0, 0.05) is 6.42 Å². The Morgan fingerprint density at radius 2 is 1.81 bits per heavy atom. The van der Waals surface area contributed by atoms with Crippen molar-refractivity contribution < 1.29 is 13.6 Å². The maximum atomic E-state index is 13.2. The highest BCUT2D eigenvalue weighted by Gasteiger charge is 2.18. The highest BCUT2D eigenvalue weighted by atomic mass is 28.4. The molecule has 0 radical (unpaired) electrons. The van der Waals surface area contributed by atoms with Crippen LogP contribution in [0.15, 0.2) is 0 Å². The van der Waals surface area contributed by atoms with Gasteiger partial charge in [-0.15, -0.1) is 0 Å². The quantitative estimate of drug-likeness (QED) is 0.266. The van der Waals surface area contributed by atoms with Crippen LogP contribution in [0.5, 0.6) is 0 Å². The number of hydrogen-bond acceptors (Lipinski definition) is 2. The lowest BCUT2D eigenvalue weighted by atomic mass is 10.2. The van der Waals surface area contributed by atoms with E-state index < -0.39 is 8.41 Å². The van der Waals surface area contributed by atoms with E-state index in [9.17, 15) is 8.90 Å². The molecule has 0 aliphatic carbocycles.